The summed E-state index contributed by atoms with van der Waals surface area (Å²) in [4.78, 5) is 38.5. The van der Waals surface area contributed by atoms with Crippen LogP contribution in [0.1, 0.15) is 12.5 Å². The highest BCUT2D eigenvalue weighted by Crippen LogP contribution is 2.37. The van der Waals surface area contributed by atoms with Crippen LogP contribution < -0.4 is 24.8 Å². The Kier molecular flexibility index (Phi) is 5.09. The molecule has 0 radical (unpaired) electrons. The number of urea groups is 1. The average Bonchev–Trinajstić information content (AvgIpc) is 3.27. The van der Waals surface area contributed by atoms with E-state index in [1.165, 1.54) is 31.2 Å². The Labute approximate surface area is 174 Å². The number of hydrogen-bond acceptors (Lipinski definition) is 6. The number of rotatable bonds is 6. The molecule has 0 aromatic heterocycles. The fraction of sp³-hybridized carbons (Fsp3) is 0.250. The number of alkyl halides is 2. The van der Waals surface area contributed by atoms with Crippen molar-refractivity contribution in [1.29, 1.82) is 0 Å². The molecule has 31 heavy (non-hydrogen) atoms. The molecule has 1 atom stereocenters. The molecule has 0 bridgehead atoms. The van der Waals surface area contributed by atoms with Crippen LogP contribution in [0, 0.1) is 0 Å². The molecule has 11 heteroatoms. The van der Waals surface area contributed by atoms with Crippen molar-refractivity contribution < 1.29 is 37.4 Å². The summed E-state index contributed by atoms with van der Waals surface area (Å²) in [6.45, 7) is -1.89. The second-order valence-electron chi connectivity index (χ2n) is 6.97. The number of anilines is 1. The summed E-state index contributed by atoms with van der Waals surface area (Å²) in [7, 11) is 0. The van der Waals surface area contributed by atoms with Gasteiger partial charge in [-0.15, -0.1) is 0 Å². The molecular formula is C20H17F2N3O6. The molecule has 1 saturated heterocycles. The number of carbonyl (C=O) groups excluding carboxylic acids is 3. The van der Waals surface area contributed by atoms with E-state index in [-0.39, 0.29) is 18.2 Å². The first-order valence-corrected chi connectivity index (χ1v) is 9.15. The summed E-state index contributed by atoms with van der Waals surface area (Å²) in [5.41, 5.74) is -0.614. The zero-order chi connectivity index (χ0) is 22.2. The van der Waals surface area contributed by atoms with E-state index in [9.17, 15) is 23.2 Å². The van der Waals surface area contributed by atoms with Crippen LogP contribution in [0.5, 0.6) is 17.2 Å². The van der Waals surface area contributed by atoms with Gasteiger partial charge in [0.15, 0.2) is 11.5 Å². The summed E-state index contributed by atoms with van der Waals surface area (Å²) in [5.74, 6) is -0.323. The highest BCUT2D eigenvalue weighted by atomic mass is 19.3. The van der Waals surface area contributed by atoms with Crippen LogP contribution in [0.4, 0.5) is 19.3 Å². The molecule has 4 rings (SSSR count). The van der Waals surface area contributed by atoms with Gasteiger partial charge in [-0.05, 0) is 48.9 Å². The SMILES string of the molecule is C[C@]1(c2ccc3c(c2)OCO3)NC(=O)N(CC(=O)Nc2ccc(OC(F)F)cc2)C1=O. The lowest BCUT2D eigenvalue weighted by molar-refractivity contribution is -0.133. The van der Waals surface area contributed by atoms with Crippen LogP contribution in [-0.4, -0.2) is 42.7 Å². The Hall–Kier alpha value is -3.89. The van der Waals surface area contributed by atoms with Crippen LogP contribution in [0.15, 0.2) is 42.5 Å². The number of amides is 4. The summed E-state index contributed by atoms with van der Waals surface area (Å²) >= 11 is 0. The fourth-order valence-corrected chi connectivity index (χ4v) is 3.31. The molecule has 1 fully saturated rings. The lowest BCUT2D eigenvalue weighted by atomic mass is 9.91. The molecule has 0 aliphatic carbocycles. The molecule has 9 nitrogen and oxygen atoms in total. The van der Waals surface area contributed by atoms with Gasteiger partial charge in [0.1, 0.15) is 17.8 Å². The Morgan fingerprint density at radius 1 is 1.19 bits per heavy atom. The zero-order valence-electron chi connectivity index (χ0n) is 16.2. The van der Waals surface area contributed by atoms with E-state index in [4.69, 9.17) is 9.47 Å². The van der Waals surface area contributed by atoms with Crippen molar-refractivity contribution >= 4 is 23.5 Å². The maximum Gasteiger partial charge on any atom is 0.387 e. The quantitative estimate of drug-likeness (QED) is 0.678. The van der Waals surface area contributed by atoms with Crippen LogP contribution in [0.3, 0.4) is 0 Å². The summed E-state index contributed by atoms with van der Waals surface area (Å²) in [6.07, 6.45) is 0. The van der Waals surface area contributed by atoms with E-state index >= 15 is 0 Å². The maximum absolute atomic E-state index is 13.0. The van der Waals surface area contributed by atoms with Gasteiger partial charge in [0, 0.05) is 5.69 Å². The normalized spacial score (nSPS) is 19.5. The van der Waals surface area contributed by atoms with Crippen LogP contribution in [0.2, 0.25) is 0 Å². The Morgan fingerprint density at radius 2 is 1.90 bits per heavy atom. The van der Waals surface area contributed by atoms with Gasteiger partial charge in [-0.2, -0.15) is 8.78 Å². The average molecular weight is 433 g/mol. The molecule has 2 heterocycles. The Morgan fingerprint density at radius 3 is 2.61 bits per heavy atom. The van der Waals surface area contributed by atoms with Crippen LogP contribution in [-0.2, 0) is 15.1 Å². The number of imide groups is 1. The molecule has 162 valence electrons. The number of halogens is 2. The van der Waals surface area contributed by atoms with Crippen molar-refractivity contribution in [2.24, 2.45) is 0 Å². The van der Waals surface area contributed by atoms with Crippen molar-refractivity contribution in [3.05, 3.63) is 48.0 Å². The van der Waals surface area contributed by atoms with E-state index in [2.05, 4.69) is 15.4 Å². The molecular weight excluding hydrogens is 416 g/mol. The second-order valence-corrected chi connectivity index (χ2v) is 6.97. The van der Waals surface area contributed by atoms with Gasteiger partial charge < -0.3 is 24.8 Å². The molecule has 2 aromatic carbocycles. The number of hydrogen-bond donors (Lipinski definition) is 2. The molecule has 0 unspecified atom stereocenters. The second kappa shape index (κ2) is 7.74. The van der Waals surface area contributed by atoms with Crippen LogP contribution >= 0.6 is 0 Å². The van der Waals surface area contributed by atoms with Crippen molar-refractivity contribution in [2.75, 3.05) is 18.7 Å². The molecule has 2 aliphatic rings. The van der Waals surface area contributed by atoms with Crippen molar-refractivity contribution in [3.8, 4) is 17.2 Å². The summed E-state index contributed by atoms with van der Waals surface area (Å²) < 4.78 is 39.2. The van der Waals surface area contributed by atoms with E-state index < -0.39 is 36.5 Å². The summed E-state index contributed by atoms with van der Waals surface area (Å²) in [5, 5.41) is 5.11. The highest BCUT2D eigenvalue weighted by Gasteiger charge is 2.49. The fourth-order valence-electron chi connectivity index (χ4n) is 3.31. The van der Waals surface area contributed by atoms with Gasteiger partial charge in [0.2, 0.25) is 12.7 Å². The first kappa shape index (κ1) is 20.4. The number of nitrogens with zero attached hydrogens (tertiary/aromatic N) is 1. The third-order valence-electron chi connectivity index (χ3n) is 4.89. The predicted molar refractivity (Wildman–Crippen MR) is 102 cm³/mol. The van der Waals surface area contributed by atoms with Gasteiger partial charge in [0.05, 0.1) is 0 Å². The predicted octanol–water partition coefficient (Wildman–Crippen LogP) is 2.42. The minimum atomic E-state index is -2.96. The number of benzene rings is 2. The number of ether oxygens (including phenoxy) is 3. The third kappa shape index (κ3) is 3.93. The number of fused-ring (bicyclic) bond motifs is 1. The van der Waals surface area contributed by atoms with Crippen molar-refractivity contribution in [3.63, 3.8) is 0 Å². The summed E-state index contributed by atoms with van der Waals surface area (Å²) in [6, 6.07) is 9.39. The Balaban J connectivity index is 1.43. The van der Waals surface area contributed by atoms with Crippen molar-refractivity contribution in [1.82, 2.24) is 10.2 Å². The lowest BCUT2D eigenvalue weighted by Gasteiger charge is -2.22. The maximum atomic E-state index is 13.0. The van der Waals surface area contributed by atoms with E-state index in [0.717, 1.165) is 4.90 Å². The van der Waals surface area contributed by atoms with Gasteiger partial charge >= 0.3 is 12.6 Å². The minimum absolute atomic E-state index is 0.0668. The van der Waals surface area contributed by atoms with E-state index in [1.54, 1.807) is 18.2 Å². The molecule has 2 N–H and O–H groups in total. The first-order valence-electron chi connectivity index (χ1n) is 9.15. The monoisotopic (exact) mass is 433 g/mol. The molecule has 0 spiro atoms. The van der Waals surface area contributed by atoms with E-state index in [0.29, 0.717) is 17.1 Å². The Bertz CT molecular complexity index is 1050. The van der Waals surface area contributed by atoms with Gasteiger partial charge in [-0.1, -0.05) is 6.07 Å². The standard InChI is InChI=1S/C20H17F2N3O6/c1-20(11-2-7-14-15(8-11)30-10-29-14)17(27)25(19(28)24-20)9-16(26)23-12-3-5-13(6-4-12)31-18(21)22/h2-8,18H,9-10H2,1H3,(H,23,26)(H,24,28)/t20-/m1/s1. The van der Waals surface area contributed by atoms with Gasteiger partial charge in [0.25, 0.3) is 5.91 Å². The first-order chi connectivity index (χ1) is 14.8. The van der Waals surface area contributed by atoms with Crippen molar-refractivity contribution in [2.45, 2.75) is 19.1 Å². The van der Waals surface area contributed by atoms with Gasteiger partial charge in [-0.3, -0.25) is 14.5 Å². The minimum Gasteiger partial charge on any atom is -0.454 e. The zero-order valence-corrected chi connectivity index (χ0v) is 16.2. The lowest BCUT2D eigenvalue weighted by Crippen LogP contribution is -2.42. The third-order valence-corrected chi connectivity index (χ3v) is 4.89. The number of carbonyl (C=O) groups is 3. The topological polar surface area (TPSA) is 106 Å². The molecule has 0 saturated carbocycles. The van der Waals surface area contributed by atoms with E-state index in [1.807, 2.05) is 0 Å². The largest absolute Gasteiger partial charge is 0.454 e. The molecule has 4 amide bonds. The smallest absolute Gasteiger partial charge is 0.387 e. The molecule has 2 aliphatic heterocycles. The number of nitrogens with one attached hydrogen (secondary N) is 2. The molecule has 2 aromatic rings. The van der Waals surface area contributed by atoms with Gasteiger partial charge in [-0.25, -0.2) is 4.79 Å². The van der Waals surface area contributed by atoms with Crippen LogP contribution in [0.25, 0.3) is 0 Å². The highest BCUT2D eigenvalue weighted by molar-refractivity contribution is 6.10.